The van der Waals surface area contributed by atoms with E-state index in [1.807, 2.05) is 59.8 Å². The Balaban J connectivity index is 1.61. The first-order valence-corrected chi connectivity index (χ1v) is 9.64. The number of carbonyl (C=O) groups excluding carboxylic acids is 2. The third-order valence-corrected chi connectivity index (χ3v) is 5.40. The maximum absolute atomic E-state index is 13.0. The zero-order valence-corrected chi connectivity index (χ0v) is 17.0. The fourth-order valence-electron chi connectivity index (χ4n) is 4.07. The van der Waals surface area contributed by atoms with Crippen LogP contribution in [0.4, 0.5) is 0 Å². The molecule has 1 saturated heterocycles. The number of piperazine rings is 1. The van der Waals surface area contributed by atoms with Crippen molar-refractivity contribution < 1.29 is 9.59 Å². The van der Waals surface area contributed by atoms with Crippen LogP contribution in [-0.4, -0.2) is 56.9 Å². The molecular formula is C21H30N4O2. The second-order valence-electron chi connectivity index (χ2n) is 7.78. The molecule has 0 aliphatic carbocycles. The predicted molar refractivity (Wildman–Crippen MR) is 106 cm³/mol. The van der Waals surface area contributed by atoms with E-state index in [1.54, 1.807) is 0 Å². The molecule has 6 heteroatoms. The SMILES string of the molecule is Cc1cc(C(=O)N2CCN(C(=O)Cc3ccn(C)c3)CC2)c(C)n1C(C)C. The van der Waals surface area contributed by atoms with E-state index in [2.05, 4.69) is 18.4 Å². The van der Waals surface area contributed by atoms with Gasteiger partial charge < -0.3 is 18.9 Å². The van der Waals surface area contributed by atoms with Crippen molar-refractivity contribution in [2.24, 2.45) is 7.05 Å². The van der Waals surface area contributed by atoms with E-state index in [4.69, 9.17) is 0 Å². The minimum atomic E-state index is 0.0742. The summed E-state index contributed by atoms with van der Waals surface area (Å²) in [6.07, 6.45) is 4.35. The van der Waals surface area contributed by atoms with Crippen molar-refractivity contribution in [3.05, 3.63) is 47.0 Å². The van der Waals surface area contributed by atoms with Crippen LogP contribution in [0.5, 0.6) is 0 Å². The number of hydrogen-bond acceptors (Lipinski definition) is 2. The molecule has 0 unspecified atom stereocenters. The highest BCUT2D eigenvalue weighted by Gasteiger charge is 2.27. The summed E-state index contributed by atoms with van der Waals surface area (Å²) >= 11 is 0. The number of carbonyl (C=O) groups is 2. The Kier molecular flexibility index (Phi) is 5.44. The zero-order chi connectivity index (χ0) is 19.7. The van der Waals surface area contributed by atoms with E-state index in [9.17, 15) is 9.59 Å². The van der Waals surface area contributed by atoms with Crippen molar-refractivity contribution in [3.8, 4) is 0 Å². The van der Waals surface area contributed by atoms with Gasteiger partial charge in [0.1, 0.15) is 0 Å². The Morgan fingerprint density at radius 2 is 1.70 bits per heavy atom. The monoisotopic (exact) mass is 370 g/mol. The number of amides is 2. The van der Waals surface area contributed by atoms with Crippen LogP contribution in [-0.2, 0) is 18.3 Å². The number of rotatable bonds is 4. The highest BCUT2D eigenvalue weighted by atomic mass is 16.2. The maximum atomic E-state index is 13.0. The Bertz CT molecular complexity index is 838. The van der Waals surface area contributed by atoms with E-state index >= 15 is 0 Å². The predicted octanol–water partition coefficient (Wildman–Crippen LogP) is 2.55. The molecule has 27 heavy (non-hydrogen) atoms. The van der Waals surface area contributed by atoms with Gasteiger partial charge in [-0.25, -0.2) is 0 Å². The summed E-state index contributed by atoms with van der Waals surface area (Å²) in [4.78, 5) is 29.2. The van der Waals surface area contributed by atoms with E-state index in [-0.39, 0.29) is 11.8 Å². The molecule has 0 bridgehead atoms. The Morgan fingerprint density at radius 3 is 2.22 bits per heavy atom. The Morgan fingerprint density at radius 1 is 1.07 bits per heavy atom. The number of aromatic nitrogens is 2. The van der Waals surface area contributed by atoms with E-state index < -0.39 is 0 Å². The summed E-state index contributed by atoms with van der Waals surface area (Å²) in [6, 6.07) is 4.30. The topological polar surface area (TPSA) is 50.5 Å². The molecule has 1 fully saturated rings. The van der Waals surface area contributed by atoms with Crippen LogP contribution in [0.1, 0.15) is 47.2 Å². The van der Waals surface area contributed by atoms with Crippen LogP contribution in [0.2, 0.25) is 0 Å². The first-order valence-electron chi connectivity index (χ1n) is 9.64. The van der Waals surface area contributed by atoms with Gasteiger partial charge in [-0.15, -0.1) is 0 Å². The average molecular weight is 370 g/mol. The fourth-order valence-corrected chi connectivity index (χ4v) is 4.07. The summed E-state index contributed by atoms with van der Waals surface area (Å²) in [5.74, 6) is 0.205. The van der Waals surface area contributed by atoms with Crippen molar-refractivity contribution in [2.45, 2.75) is 40.2 Å². The summed E-state index contributed by atoms with van der Waals surface area (Å²) in [5.41, 5.74) is 3.95. The quantitative estimate of drug-likeness (QED) is 0.830. The highest BCUT2D eigenvalue weighted by Crippen LogP contribution is 2.22. The van der Waals surface area contributed by atoms with E-state index in [0.29, 0.717) is 38.6 Å². The lowest BCUT2D eigenvalue weighted by Crippen LogP contribution is -2.51. The second-order valence-corrected chi connectivity index (χ2v) is 7.78. The Labute approximate surface area is 161 Å². The Hall–Kier alpha value is -2.50. The summed E-state index contributed by atoms with van der Waals surface area (Å²) in [5, 5.41) is 0. The molecule has 1 aliphatic heterocycles. The highest BCUT2D eigenvalue weighted by molar-refractivity contribution is 5.96. The van der Waals surface area contributed by atoms with Crippen molar-refractivity contribution in [1.82, 2.24) is 18.9 Å². The van der Waals surface area contributed by atoms with Gasteiger partial charge in [-0.3, -0.25) is 9.59 Å². The standard InChI is InChI=1S/C21H30N4O2/c1-15(2)25-16(3)12-19(17(25)4)21(27)24-10-8-23(9-11-24)20(26)13-18-6-7-22(5)14-18/h6-7,12,14-15H,8-11,13H2,1-5H3. The smallest absolute Gasteiger partial charge is 0.255 e. The van der Waals surface area contributed by atoms with E-state index in [1.165, 1.54) is 0 Å². The third-order valence-electron chi connectivity index (χ3n) is 5.40. The maximum Gasteiger partial charge on any atom is 0.255 e. The molecule has 0 atom stereocenters. The zero-order valence-electron chi connectivity index (χ0n) is 17.0. The first kappa shape index (κ1) is 19.3. The molecule has 0 N–H and O–H groups in total. The van der Waals surface area contributed by atoms with Gasteiger partial charge in [-0.2, -0.15) is 0 Å². The lowest BCUT2D eigenvalue weighted by Gasteiger charge is -2.35. The number of nitrogens with zero attached hydrogens (tertiary/aromatic N) is 4. The fraction of sp³-hybridized carbons (Fsp3) is 0.524. The lowest BCUT2D eigenvalue weighted by atomic mass is 10.1. The molecule has 146 valence electrons. The van der Waals surface area contributed by atoms with Crippen LogP contribution in [0.25, 0.3) is 0 Å². The summed E-state index contributed by atoms with van der Waals surface area (Å²) in [6.45, 7) is 10.7. The largest absolute Gasteiger partial charge is 0.357 e. The molecule has 6 nitrogen and oxygen atoms in total. The van der Waals surface area contributed by atoms with E-state index in [0.717, 1.165) is 22.5 Å². The van der Waals surface area contributed by atoms with Gasteiger partial charge in [0.25, 0.3) is 5.91 Å². The molecule has 0 spiro atoms. The van der Waals surface area contributed by atoms with Crippen molar-refractivity contribution >= 4 is 11.8 Å². The minimum Gasteiger partial charge on any atom is -0.357 e. The molecule has 0 saturated carbocycles. The lowest BCUT2D eigenvalue weighted by molar-refractivity contribution is -0.131. The molecule has 1 aliphatic rings. The molecular weight excluding hydrogens is 340 g/mol. The molecule has 0 aromatic carbocycles. The van der Waals surface area contributed by atoms with Crippen LogP contribution in [0, 0.1) is 13.8 Å². The van der Waals surface area contributed by atoms with Crippen molar-refractivity contribution in [3.63, 3.8) is 0 Å². The number of aryl methyl sites for hydroxylation is 2. The molecule has 2 aromatic heterocycles. The molecule has 2 aromatic rings. The number of hydrogen-bond donors (Lipinski definition) is 0. The van der Waals surface area contributed by atoms with Gasteiger partial charge in [0.15, 0.2) is 0 Å². The van der Waals surface area contributed by atoms with Crippen LogP contribution >= 0.6 is 0 Å². The van der Waals surface area contributed by atoms with Crippen LogP contribution in [0.15, 0.2) is 24.5 Å². The minimum absolute atomic E-state index is 0.0742. The van der Waals surface area contributed by atoms with Gasteiger partial charge in [-0.1, -0.05) is 0 Å². The van der Waals surface area contributed by atoms with Gasteiger partial charge in [0, 0.05) is 63.1 Å². The molecule has 0 radical (unpaired) electrons. The average Bonchev–Trinajstić information content (AvgIpc) is 3.16. The second kappa shape index (κ2) is 7.62. The van der Waals surface area contributed by atoms with Gasteiger partial charge in [0.2, 0.25) is 5.91 Å². The van der Waals surface area contributed by atoms with Gasteiger partial charge in [0.05, 0.1) is 12.0 Å². The van der Waals surface area contributed by atoms with Crippen molar-refractivity contribution in [1.29, 1.82) is 0 Å². The molecule has 3 heterocycles. The van der Waals surface area contributed by atoms with Gasteiger partial charge in [-0.05, 0) is 45.4 Å². The van der Waals surface area contributed by atoms with Gasteiger partial charge >= 0.3 is 0 Å². The molecule has 3 rings (SSSR count). The molecule has 2 amide bonds. The van der Waals surface area contributed by atoms with Crippen LogP contribution in [0.3, 0.4) is 0 Å². The van der Waals surface area contributed by atoms with Crippen LogP contribution < -0.4 is 0 Å². The van der Waals surface area contributed by atoms with Crippen molar-refractivity contribution in [2.75, 3.05) is 26.2 Å². The summed E-state index contributed by atoms with van der Waals surface area (Å²) in [7, 11) is 1.95. The first-order chi connectivity index (χ1) is 12.8. The third kappa shape index (κ3) is 3.94. The normalized spacial score (nSPS) is 14.9. The summed E-state index contributed by atoms with van der Waals surface area (Å²) < 4.78 is 4.15.